The van der Waals surface area contributed by atoms with Gasteiger partial charge in [-0.2, -0.15) is 0 Å². The van der Waals surface area contributed by atoms with Crippen LogP contribution in [0.15, 0.2) is 42.5 Å². The minimum absolute atomic E-state index is 0.0868. The summed E-state index contributed by atoms with van der Waals surface area (Å²) in [5.74, 6) is -2.43. The van der Waals surface area contributed by atoms with E-state index in [4.69, 9.17) is 23.2 Å². The van der Waals surface area contributed by atoms with Crippen LogP contribution in [0.1, 0.15) is 21.5 Å². The first kappa shape index (κ1) is 16.1. The minimum atomic E-state index is -1.24. The highest BCUT2D eigenvalue weighted by molar-refractivity contribution is 6.42. The number of hydrogen-bond donors (Lipinski definition) is 2. The van der Waals surface area contributed by atoms with E-state index in [1.54, 1.807) is 12.1 Å². The normalized spacial score (nSPS) is 11.3. The second-order valence-electron chi connectivity index (χ2n) is 4.39. The molecule has 0 amide bonds. The lowest BCUT2D eigenvalue weighted by atomic mass is 9.97. The van der Waals surface area contributed by atoms with Gasteiger partial charge in [0, 0.05) is 5.56 Å². The molecule has 0 aliphatic rings. The largest absolute Gasteiger partial charge is 0.478 e. The third kappa shape index (κ3) is 3.47. The Bertz CT molecular complexity index is 781. The van der Waals surface area contributed by atoms with Gasteiger partial charge in [-0.3, -0.25) is 0 Å². The molecule has 0 atom stereocenters. The second kappa shape index (κ2) is 6.64. The topological polar surface area (TPSA) is 74.6 Å². The number of halogens is 2. The van der Waals surface area contributed by atoms with E-state index < -0.39 is 11.9 Å². The quantitative estimate of drug-likeness (QED) is 0.644. The van der Waals surface area contributed by atoms with E-state index in [-0.39, 0.29) is 21.7 Å². The number of carbonyl (C=O) groups is 2. The standard InChI is InChI=1S/C16H10Cl2O4/c17-13-6-5-9(8-14(13)18)7-12(16(21)22)10-3-1-2-4-11(10)15(19)20/h1-8H,(H,19,20)(H,21,22). The summed E-state index contributed by atoms with van der Waals surface area (Å²) in [6.45, 7) is 0. The lowest BCUT2D eigenvalue weighted by Gasteiger charge is -2.07. The van der Waals surface area contributed by atoms with E-state index in [1.807, 2.05) is 0 Å². The molecule has 0 radical (unpaired) electrons. The molecule has 2 aromatic carbocycles. The Hall–Kier alpha value is -2.30. The van der Waals surface area contributed by atoms with Crippen molar-refractivity contribution in [2.75, 3.05) is 0 Å². The summed E-state index contributed by atoms with van der Waals surface area (Å²) in [6, 6.07) is 10.6. The maximum atomic E-state index is 11.5. The Morgan fingerprint density at radius 1 is 0.909 bits per heavy atom. The van der Waals surface area contributed by atoms with Crippen molar-refractivity contribution in [2.45, 2.75) is 0 Å². The van der Waals surface area contributed by atoms with Gasteiger partial charge in [0.15, 0.2) is 0 Å². The lowest BCUT2D eigenvalue weighted by molar-refractivity contribution is -0.130. The Morgan fingerprint density at radius 2 is 1.55 bits per heavy atom. The first-order valence-corrected chi connectivity index (χ1v) is 6.88. The van der Waals surface area contributed by atoms with Crippen LogP contribution in [-0.4, -0.2) is 22.2 Å². The summed E-state index contributed by atoms with van der Waals surface area (Å²) >= 11 is 11.7. The summed E-state index contributed by atoms with van der Waals surface area (Å²) in [4.78, 5) is 22.8. The van der Waals surface area contributed by atoms with Crippen LogP contribution < -0.4 is 0 Å². The van der Waals surface area contributed by atoms with Gasteiger partial charge in [0.05, 0.1) is 21.2 Å². The molecule has 6 heteroatoms. The summed E-state index contributed by atoms with van der Waals surface area (Å²) in [5, 5.41) is 19.2. The van der Waals surface area contributed by atoms with E-state index in [0.29, 0.717) is 10.6 Å². The van der Waals surface area contributed by atoms with Gasteiger partial charge in [-0.1, -0.05) is 47.5 Å². The van der Waals surface area contributed by atoms with Crippen molar-refractivity contribution in [1.29, 1.82) is 0 Å². The van der Waals surface area contributed by atoms with Crippen molar-refractivity contribution in [3.05, 3.63) is 69.2 Å². The van der Waals surface area contributed by atoms with Crippen molar-refractivity contribution in [3.8, 4) is 0 Å². The van der Waals surface area contributed by atoms with Gasteiger partial charge in [0.1, 0.15) is 0 Å². The summed E-state index contributed by atoms with van der Waals surface area (Å²) in [6.07, 6.45) is 1.35. The molecule has 2 aromatic rings. The summed E-state index contributed by atoms with van der Waals surface area (Å²) in [5.41, 5.74) is 0.396. The number of aromatic carboxylic acids is 1. The van der Waals surface area contributed by atoms with Crippen molar-refractivity contribution >= 4 is 46.8 Å². The Labute approximate surface area is 136 Å². The van der Waals surface area contributed by atoms with Crippen LogP contribution in [0.25, 0.3) is 11.6 Å². The van der Waals surface area contributed by atoms with E-state index in [2.05, 4.69) is 0 Å². The maximum Gasteiger partial charge on any atom is 0.336 e. The van der Waals surface area contributed by atoms with Gasteiger partial charge in [0.2, 0.25) is 0 Å². The van der Waals surface area contributed by atoms with Crippen LogP contribution >= 0.6 is 23.2 Å². The Morgan fingerprint density at radius 3 is 2.09 bits per heavy atom. The fraction of sp³-hybridized carbons (Fsp3) is 0. The molecule has 0 spiro atoms. The van der Waals surface area contributed by atoms with E-state index >= 15 is 0 Å². The predicted molar refractivity (Wildman–Crippen MR) is 85.4 cm³/mol. The van der Waals surface area contributed by atoms with E-state index in [9.17, 15) is 19.8 Å². The van der Waals surface area contributed by atoms with Gasteiger partial charge in [0.25, 0.3) is 0 Å². The lowest BCUT2D eigenvalue weighted by Crippen LogP contribution is -2.07. The minimum Gasteiger partial charge on any atom is -0.478 e. The van der Waals surface area contributed by atoms with Gasteiger partial charge >= 0.3 is 11.9 Å². The monoisotopic (exact) mass is 336 g/mol. The molecule has 22 heavy (non-hydrogen) atoms. The number of carboxylic acids is 2. The highest BCUT2D eigenvalue weighted by atomic mass is 35.5. The SMILES string of the molecule is O=C(O)C(=Cc1ccc(Cl)c(Cl)c1)c1ccccc1C(=O)O. The fourth-order valence-electron chi connectivity index (χ4n) is 1.93. The number of hydrogen-bond acceptors (Lipinski definition) is 2. The van der Waals surface area contributed by atoms with Gasteiger partial charge in [-0.15, -0.1) is 0 Å². The maximum absolute atomic E-state index is 11.5. The smallest absolute Gasteiger partial charge is 0.336 e. The zero-order chi connectivity index (χ0) is 16.3. The summed E-state index contributed by atoms with van der Waals surface area (Å²) < 4.78 is 0. The Kier molecular flexibility index (Phi) is 4.85. The predicted octanol–water partition coefficient (Wildman–Crippen LogP) is 4.32. The molecule has 0 saturated carbocycles. The van der Waals surface area contributed by atoms with Crippen LogP contribution in [0.2, 0.25) is 10.0 Å². The second-order valence-corrected chi connectivity index (χ2v) is 5.20. The zero-order valence-corrected chi connectivity index (χ0v) is 12.6. The molecule has 0 bridgehead atoms. The van der Waals surface area contributed by atoms with Crippen LogP contribution in [-0.2, 0) is 4.79 Å². The molecule has 2 rings (SSSR count). The van der Waals surface area contributed by atoms with Crippen molar-refractivity contribution < 1.29 is 19.8 Å². The fourth-order valence-corrected chi connectivity index (χ4v) is 2.23. The molecule has 0 aromatic heterocycles. The highest BCUT2D eigenvalue weighted by Gasteiger charge is 2.18. The van der Waals surface area contributed by atoms with Crippen LogP contribution in [0, 0.1) is 0 Å². The van der Waals surface area contributed by atoms with Crippen molar-refractivity contribution in [1.82, 2.24) is 0 Å². The molecule has 0 aliphatic carbocycles. The average molecular weight is 337 g/mol. The molecule has 2 N–H and O–H groups in total. The third-order valence-electron chi connectivity index (χ3n) is 2.93. The number of aliphatic carboxylic acids is 1. The molecular weight excluding hydrogens is 327 g/mol. The molecule has 0 heterocycles. The number of benzene rings is 2. The van der Waals surface area contributed by atoms with Gasteiger partial charge < -0.3 is 10.2 Å². The molecular formula is C16H10Cl2O4. The summed E-state index contributed by atoms with van der Waals surface area (Å²) in [7, 11) is 0. The number of rotatable bonds is 4. The van der Waals surface area contributed by atoms with Gasteiger partial charge in [-0.05, 0) is 29.8 Å². The zero-order valence-electron chi connectivity index (χ0n) is 11.1. The first-order chi connectivity index (χ1) is 10.4. The Balaban J connectivity index is 2.60. The van der Waals surface area contributed by atoms with Crippen molar-refractivity contribution in [3.63, 3.8) is 0 Å². The third-order valence-corrected chi connectivity index (χ3v) is 3.67. The van der Waals surface area contributed by atoms with E-state index in [0.717, 1.165) is 0 Å². The molecule has 112 valence electrons. The molecule has 0 fully saturated rings. The van der Waals surface area contributed by atoms with Crippen molar-refractivity contribution in [2.24, 2.45) is 0 Å². The molecule has 0 saturated heterocycles. The van der Waals surface area contributed by atoms with E-state index in [1.165, 1.54) is 36.4 Å². The van der Waals surface area contributed by atoms with Crippen LogP contribution in [0.4, 0.5) is 0 Å². The molecule has 0 unspecified atom stereocenters. The average Bonchev–Trinajstić information content (AvgIpc) is 2.48. The number of carboxylic acid groups (broad SMARTS) is 2. The molecule has 4 nitrogen and oxygen atoms in total. The molecule has 0 aliphatic heterocycles. The highest BCUT2D eigenvalue weighted by Crippen LogP contribution is 2.27. The van der Waals surface area contributed by atoms with Crippen LogP contribution in [0.3, 0.4) is 0 Å². The van der Waals surface area contributed by atoms with Gasteiger partial charge in [-0.25, -0.2) is 9.59 Å². The first-order valence-electron chi connectivity index (χ1n) is 6.13. The van der Waals surface area contributed by atoms with Crippen LogP contribution in [0.5, 0.6) is 0 Å².